The zero-order chi connectivity index (χ0) is 25.2. The van der Waals surface area contributed by atoms with Crippen LogP contribution in [0.5, 0.6) is 0 Å². The van der Waals surface area contributed by atoms with Crippen LogP contribution in [-0.2, 0) is 35.2 Å². The highest BCUT2D eigenvalue weighted by Crippen LogP contribution is 2.16. The highest BCUT2D eigenvalue weighted by Gasteiger charge is 2.34. The van der Waals surface area contributed by atoms with Gasteiger partial charge >= 0.3 is 18.0 Å². The number of ether oxygens (including phenoxy) is 3. The predicted octanol–water partition coefficient (Wildman–Crippen LogP) is 3.06. The monoisotopic (exact) mass is 464 g/mol. The number of esters is 2. The van der Waals surface area contributed by atoms with Gasteiger partial charge in [-0.25, -0.2) is 9.59 Å². The summed E-state index contributed by atoms with van der Waals surface area (Å²) < 4.78 is 15.3. The van der Waals surface area contributed by atoms with Crippen LogP contribution in [-0.4, -0.2) is 60.7 Å². The molecular formula is C24H36N2O7. The summed E-state index contributed by atoms with van der Waals surface area (Å²) >= 11 is 0. The lowest BCUT2D eigenvalue weighted by molar-refractivity contribution is -0.153. The Hall–Kier alpha value is -3.10. The van der Waals surface area contributed by atoms with Crippen LogP contribution in [0.25, 0.3) is 0 Å². The average Bonchev–Trinajstić information content (AvgIpc) is 2.73. The van der Waals surface area contributed by atoms with Gasteiger partial charge in [-0.05, 0) is 38.7 Å². The fourth-order valence-electron chi connectivity index (χ4n) is 2.92. The minimum Gasteiger partial charge on any atom is -0.467 e. The molecule has 1 aromatic rings. The lowest BCUT2D eigenvalue weighted by atomic mass is 10.0. The summed E-state index contributed by atoms with van der Waals surface area (Å²) in [6.45, 7) is 9.03. The third kappa shape index (κ3) is 10.4. The number of rotatable bonds is 10. The maximum absolute atomic E-state index is 13.1. The van der Waals surface area contributed by atoms with Gasteiger partial charge in [-0.1, -0.05) is 44.2 Å². The smallest absolute Gasteiger partial charge is 0.410 e. The zero-order valence-electron chi connectivity index (χ0n) is 20.5. The number of benzene rings is 1. The number of methoxy groups -OCH3 is 1. The van der Waals surface area contributed by atoms with Crippen molar-refractivity contribution < 1.29 is 33.4 Å². The molecule has 33 heavy (non-hydrogen) atoms. The number of nitrogens with one attached hydrogen (secondary N) is 1. The second-order valence-electron chi connectivity index (χ2n) is 9.17. The number of nitrogens with zero attached hydrogens (tertiary/aromatic N) is 1. The summed E-state index contributed by atoms with van der Waals surface area (Å²) in [5.74, 6) is -1.99. The molecule has 0 aliphatic carbocycles. The van der Waals surface area contributed by atoms with Crippen molar-refractivity contribution in [3.8, 4) is 0 Å². The van der Waals surface area contributed by atoms with Gasteiger partial charge < -0.3 is 19.5 Å². The second kappa shape index (κ2) is 12.8. The van der Waals surface area contributed by atoms with Gasteiger partial charge in [0.1, 0.15) is 24.3 Å². The highest BCUT2D eigenvalue weighted by molar-refractivity contribution is 5.91. The maximum Gasteiger partial charge on any atom is 0.410 e. The predicted molar refractivity (Wildman–Crippen MR) is 122 cm³/mol. The molecule has 0 aliphatic rings. The van der Waals surface area contributed by atoms with Crippen LogP contribution in [0.1, 0.15) is 53.0 Å². The Morgan fingerprint density at radius 1 is 1.06 bits per heavy atom. The van der Waals surface area contributed by atoms with Crippen molar-refractivity contribution in [2.24, 2.45) is 5.92 Å². The van der Waals surface area contributed by atoms with Crippen molar-refractivity contribution in [2.45, 2.75) is 71.8 Å². The van der Waals surface area contributed by atoms with E-state index in [2.05, 4.69) is 5.32 Å². The number of amides is 2. The normalized spacial score (nSPS) is 13.0. The molecule has 0 fully saturated rings. The van der Waals surface area contributed by atoms with Gasteiger partial charge in [0.05, 0.1) is 13.5 Å². The van der Waals surface area contributed by atoms with Crippen LogP contribution in [0.15, 0.2) is 30.3 Å². The van der Waals surface area contributed by atoms with E-state index in [4.69, 9.17) is 14.2 Å². The van der Waals surface area contributed by atoms with Gasteiger partial charge in [0.2, 0.25) is 5.91 Å². The average molecular weight is 465 g/mol. The molecule has 0 heterocycles. The number of carbonyl (C=O) groups excluding carboxylic acids is 4. The van der Waals surface area contributed by atoms with Gasteiger partial charge in [0.25, 0.3) is 0 Å². The molecule has 0 saturated heterocycles. The minimum atomic E-state index is -1.26. The number of hydrogen-bond acceptors (Lipinski definition) is 7. The highest BCUT2D eigenvalue weighted by atomic mass is 16.6. The van der Waals surface area contributed by atoms with Crippen molar-refractivity contribution in [1.29, 1.82) is 0 Å². The summed E-state index contributed by atoms with van der Waals surface area (Å²) in [5, 5.41) is 2.54. The molecule has 9 heteroatoms. The van der Waals surface area contributed by atoms with Crippen LogP contribution < -0.4 is 5.32 Å². The Morgan fingerprint density at radius 2 is 1.67 bits per heavy atom. The topological polar surface area (TPSA) is 111 Å². The van der Waals surface area contributed by atoms with Crippen molar-refractivity contribution in [1.82, 2.24) is 10.2 Å². The summed E-state index contributed by atoms with van der Waals surface area (Å²) in [4.78, 5) is 51.3. The number of carbonyl (C=O) groups is 4. The van der Waals surface area contributed by atoms with Crippen LogP contribution in [0, 0.1) is 5.92 Å². The van der Waals surface area contributed by atoms with Gasteiger partial charge in [-0.2, -0.15) is 0 Å². The molecule has 0 bridgehead atoms. The Bertz CT molecular complexity index is 803. The van der Waals surface area contributed by atoms with E-state index in [0.29, 0.717) is 6.42 Å². The molecule has 1 N–H and O–H groups in total. The molecule has 2 amide bonds. The van der Waals surface area contributed by atoms with Crippen molar-refractivity contribution in [3.63, 3.8) is 0 Å². The van der Waals surface area contributed by atoms with E-state index in [0.717, 1.165) is 12.7 Å². The first-order valence-corrected chi connectivity index (χ1v) is 10.9. The quantitative estimate of drug-likeness (QED) is 0.418. The number of hydrogen-bond donors (Lipinski definition) is 1. The van der Waals surface area contributed by atoms with Gasteiger partial charge in [-0.3, -0.25) is 14.5 Å². The Labute approximate surface area is 195 Å². The molecule has 0 unspecified atom stereocenters. The SMILES string of the molecule is COC(=O)[C@@H](CC(=O)OCc1ccccc1)NC(=O)[C@@H](CC(C)C)N(C)C(=O)OC(C)(C)C. The molecule has 0 radical (unpaired) electrons. The van der Waals surface area contributed by atoms with E-state index >= 15 is 0 Å². The van der Waals surface area contributed by atoms with Crippen molar-refractivity contribution in [2.75, 3.05) is 14.2 Å². The van der Waals surface area contributed by atoms with E-state index < -0.39 is 48.0 Å². The Kier molecular flexibility index (Phi) is 10.8. The summed E-state index contributed by atoms with van der Waals surface area (Å²) in [6, 6.07) is 6.91. The minimum absolute atomic E-state index is 0.0405. The first-order chi connectivity index (χ1) is 15.3. The van der Waals surface area contributed by atoms with Crippen LogP contribution in [0.3, 0.4) is 0 Å². The van der Waals surface area contributed by atoms with Crippen molar-refractivity contribution in [3.05, 3.63) is 35.9 Å². The molecule has 0 spiro atoms. The Morgan fingerprint density at radius 3 is 2.18 bits per heavy atom. The lowest BCUT2D eigenvalue weighted by Crippen LogP contribution is -2.53. The molecule has 9 nitrogen and oxygen atoms in total. The third-order valence-corrected chi connectivity index (χ3v) is 4.56. The number of likely N-dealkylation sites (N-methyl/N-ethyl adjacent to an activating group) is 1. The fraction of sp³-hybridized carbons (Fsp3) is 0.583. The van der Waals surface area contributed by atoms with Crippen LogP contribution in [0.4, 0.5) is 4.79 Å². The molecule has 1 aromatic carbocycles. The van der Waals surface area contributed by atoms with Gasteiger partial charge in [0, 0.05) is 7.05 Å². The van der Waals surface area contributed by atoms with Gasteiger partial charge in [0.15, 0.2) is 0 Å². The maximum atomic E-state index is 13.1. The van der Waals surface area contributed by atoms with Crippen molar-refractivity contribution >= 4 is 23.9 Å². The molecule has 0 saturated carbocycles. The lowest BCUT2D eigenvalue weighted by Gasteiger charge is -2.31. The summed E-state index contributed by atoms with van der Waals surface area (Å²) in [7, 11) is 2.62. The van der Waals surface area contributed by atoms with Crippen LogP contribution in [0.2, 0.25) is 0 Å². The van der Waals surface area contributed by atoms with E-state index in [1.807, 2.05) is 32.0 Å². The second-order valence-corrected chi connectivity index (χ2v) is 9.17. The van der Waals surface area contributed by atoms with E-state index in [1.165, 1.54) is 11.9 Å². The Balaban J connectivity index is 2.89. The third-order valence-electron chi connectivity index (χ3n) is 4.56. The standard InChI is InChI=1S/C24H36N2O7/c1-16(2)13-19(26(6)23(30)33-24(3,4)5)21(28)25-18(22(29)31-7)14-20(27)32-15-17-11-9-8-10-12-17/h8-12,16,18-19H,13-15H2,1-7H3,(H,25,28)/t18-,19-/m1/s1. The fourth-order valence-corrected chi connectivity index (χ4v) is 2.92. The first-order valence-electron chi connectivity index (χ1n) is 10.9. The van der Waals surface area contributed by atoms with E-state index in [-0.39, 0.29) is 12.5 Å². The van der Waals surface area contributed by atoms with E-state index in [9.17, 15) is 19.2 Å². The molecule has 0 aromatic heterocycles. The van der Waals surface area contributed by atoms with E-state index in [1.54, 1.807) is 32.9 Å². The largest absolute Gasteiger partial charge is 0.467 e. The summed E-state index contributed by atoms with van der Waals surface area (Å²) in [6.07, 6.45) is -0.746. The molecular weight excluding hydrogens is 428 g/mol. The zero-order valence-corrected chi connectivity index (χ0v) is 20.5. The molecule has 2 atom stereocenters. The van der Waals surface area contributed by atoms with Gasteiger partial charge in [-0.15, -0.1) is 0 Å². The first kappa shape index (κ1) is 27.9. The molecule has 0 aliphatic heterocycles. The molecule has 1 rings (SSSR count). The van der Waals surface area contributed by atoms with Crippen LogP contribution >= 0.6 is 0 Å². The molecule has 184 valence electrons. The summed E-state index contributed by atoms with van der Waals surface area (Å²) in [5.41, 5.74) is 0.0573.